The van der Waals surface area contributed by atoms with Crippen molar-refractivity contribution in [2.75, 3.05) is 0 Å². The number of nitrogens with zero attached hydrogens (tertiary/aromatic N) is 4. The molecular weight excluding hydrogens is 196 g/mol. The van der Waals surface area contributed by atoms with Crippen LogP contribution >= 0.6 is 0 Å². The van der Waals surface area contributed by atoms with Gasteiger partial charge in [-0.3, -0.25) is 9.59 Å². The Morgan fingerprint density at radius 1 is 1.47 bits per heavy atom. The molecule has 0 spiro atoms. The molecule has 0 saturated carbocycles. The number of aromatic nitrogens is 4. The second-order valence-electron chi connectivity index (χ2n) is 2.91. The van der Waals surface area contributed by atoms with Gasteiger partial charge in [-0.05, 0) is 6.92 Å². The first-order valence-electron chi connectivity index (χ1n) is 4.43. The maximum absolute atomic E-state index is 11.4. The topological polar surface area (TPSA) is 77.7 Å². The summed E-state index contributed by atoms with van der Waals surface area (Å²) in [6.07, 6.45) is 3.07. The molecule has 0 aromatic heterocycles. The van der Waals surface area contributed by atoms with E-state index < -0.39 is 5.78 Å². The van der Waals surface area contributed by atoms with Crippen molar-refractivity contribution in [1.82, 2.24) is 19.5 Å². The fraction of sp³-hybridized carbons (Fsp3) is 0.222. The fourth-order valence-electron chi connectivity index (χ4n) is 1.39. The van der Waals surface area contributed by atoms with E-state index in [-0.39, 0.29) is 12.0 Å². The maximum atomic E-state index is 11.4. The Balaban J connectivity index is 2.72. The second kappa shape index (κ2) is 3.56. The molecule has 2 aliphatic heterocycles. The molecule has 2 rings (SSSR count). The number of rotatable bonds is 3. The van der Waals surface area contributed by atoms with Crippen LogP contribution in [0.3, 0.4) is 0 Å². The van der Waals surface area contributed by atoms with Crippen LogP contribution < -0.4 is 0 Å². The number of ketones is 1. The molecule has 0 amide bonds. The lowest BCUT2D eigenvalue weighted by Crippen LogP contribution is -2.15. The molecule has 0 fully saturated rings. The average molecular weight is 204 g/mol. The SMILES string of the molecule is CCn1cnc2ncnc-2c1C(=O)C=O. The number of carbonyl (C=O) groups excluding carboxylic acids is 2. The summed E-state index contributed by atoms with van der Waals surface area (Å²) < 4.78 is 1.58. The number of carbonyl (C=O) groups is 2. The third kappa shape index (κ3) is 1.39. The molecule has 6 nitrogen and oxygen atoms in total. The number of hydrogen-bond donors (Lipinski definition) is 0. The number of hydrogen-bond acceptors (Lipinski definition) is 5. The largest absolute Gasteiger partial charge is 0.327 e. The zero-order valence-corrected chi connectivity index (χ0v) is 8.04. The van der Waals surface area contributed by atoms with Crippen molar-refractivity contribution in [3.63, 3.8) is 0 Å². The number of imidazole rings is 1. The van der Waals surface area contributed by atoms with Gasteiger partial charge in [0, 0.05) is 6.54 Å². The summed E-state index contributed by atoms with van der Waals surface area (Å²) in [5.41, 5.74) is 0.617. The van der Waals surface area contributed by atoms with Crippen molar-refractivity contribution in [1.29, 1.82) is 0 Å². The molecule has 0 unspecified atom stereocenters. The van der Waals surface area contributed by atoms with Crippen LogP contribution in [-0.4, -0.2) is 31.6 Å². The molecule has 2 aliphatic rings. The highest BCUT2D eigenvalue weighted by Crippen LogP contribution is 2.18. The Kier molecular flexibility index (Phi) is 2.24. The number of Topliss-reactive ketones (excluding diaryl/α,β-unsaturated/α-hetero) is 1. The van der Waals surface area contributed by atoms with Crippen molar-refractivity contribution in [2.24, 2.45) is 0 Å². The normalized spacial score (nSPS) is 10.5. The van der Waals surface area contributed by atoms with Gasteiger partial charge in [-0.2, -0.15) is 0 Å². The van der Waals surface area contributed by atoms with E-state index in [1.54, 1.807) is 4.57 Å². The lowest BCUT2D eigenvalue weighted by Gasteiger charge is -2.09. The minimum Gasteiger partial charge on any atom is -0.327 e. The Morgan fingerprint density at radius 2 is 2.27 bits per heavy atom. The Hall–Kier alpha value is -2.11. The van der Waals surface area contributed by atoms with Gasteiger partial charge < -0.3 is 4.57 Å². The molecule has 0 aromatic rings. The van der Waals surface area contributed by atoms with Gasteiger partial charge in [0.2, 0.25) is 5.78 Å². The minimum absolute atomic E-state index is 0.245. The highest BCUT2D eigenvalue weighted by Gasteiger charge is 2.20. The molecule has 76 valence electrons. The summed E-state index contributed by atoms with van der Waals surface area (Å²) in [6, 6.07) is 0. The van der Waals surface area contributed by atoms with E-state index in [1.807, 2.05) is 6.92 Å². The van der Waals surface area contributed by atoms with E-state index >= 15 is 0 Å². The standard InChI is InChI=1S/C9H8N4O2/c1-2-13-5-12-9-7(10-4-11-9)8(13)6(15)3-14/h3-5H,2H2,1H3. The molecule has 0 aromatic carbocycles. The van der Waals surface area contributed by atoms with Gasteiger partial charge in [0.15, 0.2) is 12.1 Å². The summed E-state index contributed by atoms with van der Waals surface area (Å²) in [4.78, 5) is 33.7. The van der Waals surface area contributed by atoms with Crippen LogP contribution in [0.1, 0.15) is 17.4 Å². The van der Waals surface area contributed by atoms with Crippen molar-refractivity contribution in [2.45, 2.75) is 13.5 Å². The molecule has 0 N–H and O–H groups in total. The van der Waals surface area contributed by atoms with E-state index in [1.165, 1.54) is 12.7 Å². The summed E-state index contributed by atoms with van der Waals surface area (Å²) in [5, 5.41) is 0. The molecule has 0 bridgehead atoms. The van der Waals surface area contributed by atoms with Crippen LogP contribution in [0.15, 0.2) is 12.7 Å². The second-order valence-corrected chi connectivity index (χ2v) is 2.91. The van der Waals surface area contributed by atoms with Crippen molar-refractivity contribution in [3.05, 3.63) is 18.3 Å². The van der Waals surface area contributed by atoms with Crippen LogP contribution in [0, 0.1) is 0 Å². The van der Waals surface area contributed by atoms with Crippen LogP contribution in [0.5, 0.6) is 0 Å². The van der Waals surface area contributed by atoms with Crippen LogP contribution in [-0.2, 0) is 11.3 Å². The molecule has 6 heteroatoms. The smallest absolute Gasteiger partial charge is 0.244 e. The highest BCUT2D eigenvalue weighted by atomic mass is 16.2. The van der Waals surface area contributed by atoms with Crippen LogP contribution in [0.4, 0.5) is 0 Å². The zero-order valence-electron chi connectivity index (χ0n) is 8.04. The van der Waals surface area contributed by atoms with E-state index in [4.69, 9.17) is 0 Å². The van der Waals surface area contributed by atoms with Gasteiger partial charge in [-0.25, -0.2) is 15.0 Å². The Morgan fingerprint density at radius 3 is 2.93 bits per heavy atom. The Labute approximate surface area is 85.3 Å². The maximum Gasteiger partial charge on any atom is 0.244 e. The van der Waals surface area contributed by atoms with Gasteiger partial charge in [0.05, 0.1) is 6.33 Å². The third-order valence-electron chi connectivity index (χ3n) is 2.09. The molecular formula is C9H8N4O2. The summed E-state index contributed by atoms with van der Waals surface area (Å²) >= 11 is 0. The van der Waals surface area contributed by atoms with E-state index in [0.29, 0.717) is 18.1 Å². The summed E-state index contributed by atoms with van der Waals surface area (Å²) in [6.45, 7) is 2.40. The van der Waals surface area contributed by atoms with Gasteiger partial charge in [0.1, 0.15) is 17.7 Å². The first-order valence-corrected chi connectivity index (χ1v) is 4.43. The monoisotopic (exact) mass is 204 g/mol. The number of aryl methyl sites for hydroxylation is 1. The van der Waals surface area contributed by atoms with E-state index in [0.717, 1.165) is 0 Å². The van der Waals surface area contributed by atoms with Gasteiger partial charge in [-0.15, -0.1) is 0 Å². The molecule has 2 heterocycles. The lowest BCUT2D eigenvalue weighted by atomic mass is 10.2. The first kappa shape index (κ1) is 9.45. The molecule has 0 aliphatic carbocycles. The molecule has 0 radical (unpaired) electrons. The quantitative estimate of drug-likeness (QED) is 0.405. The fourth-order valence-corrected chi connectivity index (χ4v) is 1.39. The third-order valence-corrected chi connectivity index (χ3v) is 2.09. The number of fused-ring (bicyclic) bond motifs is 1. The van der Waals surface area contributed by atoms with Gasteiger partial charge >= 0.3 is 0 Å². The van der Waals surface area contributed by atoms with E-state index in [2.05, 4.69) is 15.0 Å². The van der Waals surface area contributed by atoms with Crippen molar-refractivity contribution >= 4 is 12.1 Å². The number of aldehydes is 1. The lowest BCUT2D eigenvalue weighted by molar-refractivity contribution is -0.104. The zero-order chi connectivity index (χ0) is 10.8. The molecule has 0 atom stereocenters. The Bertz CT molecular complexity index is 491. The van der Waals surface area contributed by atoms with Crippen LogP contribution in [0.25, 0.3) is 11.5 Å². The predicted molar refractivity (Wildman–Crippen MR) is 50.5 cm³/mol. The van der Waals surface area contributed by atoms with E-state index in [9.17, 15) is 9.59 Å². The molecule has 0 saturated heterocycles. The average Bonchev–Trinajstić information content (AvgIpc) is 2.74. The molecule has 15 heavy (non-hydrogen) atoms. The van der Waals surface area contributed by atoms with Gasteiger partial charge in [-0.1, -0.05) is 0 Å². The van der Waals surface area contributed by atoms with Crippen molar-refractivity contribution < 1.29 is 9.59 Å². The predicted octanol–water partition coefficient (Wildman–Crippen LogP) is 0.179. The first-order chi connectivity index (χ1) is 7.27. The van der Waals surface area contributed by atoms with Gasteiger partial charge in [0.25, 0.3) is 0 Å². The van der Waals surface area contributed by atoms with Crippen molar-refractivity contribution in [3.8, 4) is 11.5 Å². The summed E-state index contributed by atoms with van der Waals surface area (Å²) in [7, 11) is 0. The summed E-state index contributed by atoms with van der Waals surface area (Å²) in [5.74, 6) is -0.227. The minimum atomic E-state index is -0.607. The highest BCUT2D eigenvalue weighted by molar-refractivity contribution is 6.34. The van der Waals surface area contributed by atoms with Crippen LogP contribution in [0.2, 0.25) is 0 Å².